The minimum atomic E-state index is 0.705. The zero-order chi connectivity index (χ0) is 19.7. The molecular weight excluding hydrogens is 342 g/mol. The van der Waals surface area contributed by atoms with E-state index in [4.69, 9.17) is 5.73 Å². The van der Waals surface area contributed by atoms with Crippen molar-refractivity contribution in [1.29, 1.82) is 0 Å². The van der Waals surface area contributed by atoms with Crippen molar-refractivity contribution >= 4 is 0 Å². The Morgan fingerprint density at radius 1 is 0.370 bits per heavy atom. The summed E-state index contributed by atoms with van der Waals surface area (Å²) in [6, 6.07) is 0. The molecule has 0 aromatic rings. The summed E-state index contributed by atoms with van der Waals surface area (Å²) in [7, 11) is 0. The van der Waals surface area contributed by atoms with Crippen molar-refractivity contribution in [1.82, 2.24) is 42.5 Å². The van der Waals surface area contributed by atoms with Crippen LogP contribution in [0, 0.1) is 0 Å². The Hall–Kier alpha value is -0.360. The Labute approximate surface area is 167 Å². The van der Waals surface area contributed by atoms with Crippen LogP contribution in [0.4, 0.5) is 0 Å². The lowest BCUT2D eigenvalue weighted by Gasteiger charge is -2.09. The van der Waals surface area contributed by atoms with Crippen molar-refractivity contribution in [2.45, 2.75) is 6.92 Å². The molecule has 0 fully saturated rings. The van der Waals surface area contributed by atoms with Gasteiger partial charge >= 0.3 is 0 Å². The van der Waals surface area contributed by atoms with Crippen molar-refractivity contribution in [3.05, 3.63) is 0 Å². The van der Waals surface area contributed by atoms with E-state index in [1.165, 1.54) is 0 Å². The fourth-order valence-electron chi connectivity index (χ4n) is 2.39. The maximum atomic E-state index is 5.41. The monoisotopic (exact) mass is 389 g/mol. The molecule has 27 heavy (non-hydrogen) atoms. The topological polar surface area (TPSA) is 122 Å². The van der Waals surface area contributed by atoms with Gasteiger partial charge in [0, 0.05) is 105 Å². The van der Waals surface area contributed by atoms with Crippen LogP contribution in [-0.4, -0.2) is 111 Å². The second-order valence-electron chi connectivity index (χ2n) is 6.39. The molecule has 0 aliphatic carbocycles. The third kappa shape index (κ3) is 25.6. The fourth-order valence-corrected chi connectivity index (χ4v) is 2.39. The van der Waals surface area contributed by atoms with E-state index in [9.17, 15) is 0 Å². The Bertz CT molecular complexity index is 233. The molecule has 0 saturated heterocycles. The highest BCUT2D eigenvalue weighted by Gasteiger charge is 1.92. The quantitative estimate of drug-likeness (QED) is 0.0781. The Balaban J connectivity index is 2.95. The van der Waals surface area contributed by atoms with Gasteiger partial charge in [-0.05, 0) is 6.54 Å². The number of nitrogens with one attached hydrogen (secondary N) is 8. The molecule has 0 atom stereocenters. The molecule has 0 spiro atoms. The highest BCUT2D eigenvalue weighted by atomic mass is 15.0. The predicted molar refractivity (Wildman–Crippen MR) is 118 cm³/mol. The minimum Gasteiger partial charge on any atom is -0.329 e. The smallest absolute Gasteiger partial charge is 0.00772 e. The van der Waals surface area contributed by atoms with Gasteiger partial charge in [-0.3, -0.25) is 0 Å². The van der Waals surface area contributed by atoms with Gasteiger partial charge in [-0.15, -0.1) is 0 Å². The van der Waals surface area contributed by atoms with Crippen molar-refractivity contribution < 1.29 is 0 Å². The first-order valence-electron chi connectivity index (χ1n) is 10.8. The number of rotatable bonds is 24. The maximum Gasteiger partial charge on any atom is 0.00772 e. The zero-order valence-corrected chi connectivity index (χ0v) is 17.6. The molecule has 164 valence electrons. The number of nitrogens with two attached hydrogens (primary N) is 1. The first-order valence-corrected chi connectivity index (χ1v) is 10.8. The fraction of sp³-hybridized carbons (Fsp3) is 1.00. The van der Waals surface area contributed by atoms with E-state index in [0.717, 1.165) is 105 Å². The van der Waals surface area contributed by atoms with Crippen LogP contribution in [0.5, 0.6) is 0 Å². The average molecular weight is 390 g/mol. The van der Waals surface area contributed by atoms with E-state index in [1.54, 1.807) is 0 Å². The molecule has 0 aliphatic rings. The highest BCUT2D eigenvalue weighted by Crippen LogP contribution is 1.65. The molecular formula is C18H47N9. The van der Waals surface area contributed by atoms with Crippen LogP contribution >= 0.6 is 0 Å². The van der Waals surface area contributed by atoms with E-state index >= 15 is 0 Å². The van der Waals surface area contributed by atoms with E-state index in [2.05, 4.69) is 49.5 Å². The van der Waals surface area contributed by atoms with Crippen LogP contribution in [0.15, 0.2) is 0 Å². The molecule has 0 saturated carbocycles. The lowest BCUT2D eigenvalue weighted by Crippen LogP contribution is -2.38. The average Bonchev–Trinajstić information content (AvgIpc) is 2.68. The van der Waals surface area contributed by atoms with E-state index in [1.807, 2.05) is 0 Å². The molecule has 0 radical (unpaired) electrons. The molecule has 9 heteroatoms. The van der Waals surface area contributed by atoms with Crippen LogP contribution in [0.2, 0.25) is 0 Å². The number of hydrogen-bond donors (Lipinski definition) is 9. The van der Waals surface area contributed by atoms with Crippen molar-refractivity contribution in [3.8, 4) is 0 Å². The van der Waals surface area contributed by atoms with Gasteiger partial charge in [0.1, 0.15) is 0 Å². The van der Waals surface area contributed by atoms with E-state index in [-0.39, 0.29) is 0 Å². The summed E-state index contributed by atoms with van der Waals surface area (Å²) < 4.78 is 0. The normalized spacial score (nSPS) is 11.3. The summed E-state index contributed by atoms with van der Waals surface area (Å²) in [4.78, 5) is 0. The number of likely N-dealkylation sites (N-methyl/N-ethyl adjacent to an activating group) is 1. The van der Waals surface area contributed by atoms with Crippen molar-refractivity contribution in [2.75, 3.05) is 111 Å². The molecule has 0 rings (SSSR count). The van der Waals surface area contributed by atoms with Gasteiger partial charge in [-0.2, -0.15) is 0 Å². The Kier molecular flexibility index (Phi) is 25.3. The van der Waals surface area contributed by atoms with Gasteiger partial charge in [0.15, 0.2) is 0 Å². The first kappa shape index (κ1) is 26.6. The van der Waals surface area contributed by atoms with Gasteiger partial charge in [-0.1, -0.05) is 6.92 Å². The molecule has 0 unspecified atom stereocenters. The summed E-state index contributed by atoms with van der Waals surface area (Å²) in [6.07, 6.45) is 0. The van der Waals surface area contributed by atoms with E-state index in [0.29, 0.717) is 6.54 Å². The molecule has 0 amide bonds. The van der Waals surface area contributed by atoms with Crippen LogP contribution in [0.25, 0.3) is 0 Å². The molecule has 10 N–H and O–H groups in total. The Morgan fingerprint density at radius 2 is 0.593 bits per heavy atom. The molecule has 0 heterocycles. The lowest BCUT2D eigenvalue weighted by molar-refractivity contribution is 0.546. The lowest BCUT2D eigenvalue weighted by atomic mass is 10.5. The standard InChI is InChI=1S/C18H47N9/c1-2-20-5-6-22-9-10-24-13-14-26-17-18-27-16-15-25-12-11-23-8-7-21-4-3-19/h20-27H,2-19H2,1H3. The summed E-state index contributed by atoms with van der Waals surface area (Å²) in [5, 5.41) is 27.1. The van der Waals surface area contributed by atoms with Crippen LogP contribution in [-0.2, 0) is 0 Å². The molecule has 0 aromatic heterocycles. The minimum absolute atomic E-state index is 0.705. The number of hydrogen-bond acceptors (Lipinski definition) is 9. The molecule has 0 bridgehead atoms. The predicted octanol–water partition coefficient (Wildman–Crippen LogP) is -3.32. The summed E-state index contributed by atoms with van der Waals surface area (Å²) >= 11 is 0. The highest BCUT2D eigenvalue weighted by molar-refractivity contribution is 4.59. The van der Waals surface area contributed by atoms with Gasteiger partial charge in [0.05, 0.1) is 0 Å². The van der Waals surface area contributed by atoms with Crippen LogP contribution in [0.1, 0.15) is 6.92 Å². The summed E-state index contributed by atoms with van der Waals surface area (Å²) in [6.45, 7) is 19.0. The third-order valence-corrected chi connectivity index (χ3v) is 3.92. The SMILES string of the molecule is CCNCCNCCNCCNCCNCCNCCNCCNCCN. The summed E-state index contributed by atoms with van der Waals surface area (Å²) in [5.74, 6) is 0. The molecule has 0 aliphatic heterocycles. The largest absolute Gasteiger partial charge is 0.329 e. The third-order valence-electron chi connectivity index (χ3n) is 3.92. The van der Waals surface area contributed by atoms with Gasteiger partial charge in [-0.25, -0.2) is 0 Å². The Morgan fingerprint density at radius 3 is 0.815 bits per heavy atom. The second-order valence-corrected chi connectivity index (χ2v) is 6.39. The van der Waals surface area contributed by atoms with Crippen LogP contribution < -0.4 is 48.3 Å². The van der Waals surface area contributed by atoms with E-state index < -0.39 is 0 Å². The van der Waals surface area contributed by atoms with Gasteiger partial charge < -0.3 is 48.3 Å². The maximum absolute atomic E-state index is 5.41. The molecule has 9 nitrogen and oxygen atoms in total. The van der Waals surface area contributed by atoms with Crippen LogP contribution in [0.3, 0.4) is 0 Å². The van der Waals surface area contributed by atoms with Gasteiger partial charge in [0.2, 0.25) is 0 Å². The zero-order valence-electron chi connectivity index (χ0n) is 17.6. The van der Waals surface area contributed by atoms with Gasteiger partial charge in [0.25, 0.3) is 0 Å². The second kappa shape index (κ2) is 25.6. The van der Waals surface area contributed by atoms with Crippen molar-refractivity contribution in [2.24, 2.45) is 5.73 Å². The molecule has 0 aromatic carbocycles. The first-order chi connectivity index (χ1) is 13.4. The van der Waals surface area contributed by atoms with Crippen molar-refractivity contribution in [3.63, 3.8) is 0 Å². The summed E-state index contributed by atoms with van der Waals surface area (Å²) in [5.41, 5.74) is 5.41.